The molecular weight excluding hydrogens is 440 g/mol. The zero-order valence-corrected chi connectivity index (χ0v) is 18.4. The molecule has 2 aromatic heterocycles. The topological polar surface area (TPSA) is 97.0 Å². The molecule has 0 saturated carbocycles. The van der Waals surface area contributed by atoms with Gasteiger partial charge in [-0.15, -0.1) is 0 Å². The molecule has 1 N–H and O–H groups in total. The highest BCUT2D eigenvalue weighted by atomic mass is 19.3. The Morgan fingerprint density at radius 2 is 1.88 bits per heavy atom. The quantitative estimate of drug-likeness (QED) is 0.693. The number of ether oxygens (including phenoxy) is 4. The highest BCUT2D eigenvalue weighted by Gasteiger charge is 2.42. The summed E-state index contributed by atoms with van der Waals surface area (Å²) in [6.07, 6.45) is 2.36. The van der Waals surface area contributed by atoms with Crippen LogP contribution in [-0.4, -0.2) is 74.1 Å². The van der Waals surface area contributed by atoms with Gasteiger partial charge in [0.05, 0.1) is 69.1 Å². The van der Waals surface area contributed by atoms with Crippen molar-refractivity contribution in [2.24, 2.45) is 0 Å². The number of nitrogens with zero attached hydrogens (tertiary/aromatic N) is 2. The van der Waals surface area contributed by atoms with Gasteiger partial charge in [0.25, 0.3) is 11.8 Å². The highest BCUT2D eigenvalue weighted by molar-refractivity contribution is 5.96. The molecule has 180 valence electrons. The lowest BCUT2D eigenvalue weighted by molar-refractivity contribution is -0.0946. The Bertz CT molecular complexity index is 1000. The van der Waals surface area contributed by atoms with Crippen molar-refractivity contribution < 1.29 is 36.9 Å². The number of aromatic nitrogens is 2. The Morgan fingerprint density at radius 3 is 2.55 bits per heavy atom. The maximum absolute atomic E-state index is 14.8. The predicted molar refractivity (Wildman–Crippen MR) is 110 cm³/mol. The molecule has 2 saturated heterocycles. The summed E-state index contributed by atoms with van der Waals surface area (Å²) in [6.45, 7) is 4.16. The van der Waals surface area contributed by atoms with Crippen LogP contribution in [0.3, 0.4) is 0 Å². The molecule has 2 aromatic rings. The number of amides is 1. The molecule has 0 radical (unpaired) electrons. The molecule has 2 atom stereocenters. The summed E-state index contributed by atoms with van der Waals surface area (Å²) in [6, 6.07) is 0. The Morgan fingerprint density at radius 1 is 1.15 bits per heavy atom. The number of hydrogen-bond acceptors (Lipinski definition) is 7. The standard InChI is InChI=1S/C22H27F2N3O6/c1-22(23,24)18-17-16(33-20(18)21(28)25-8-14-11-29-4-6-31-14)3-2-13-9-27(26-19(13)17)10-15-12-30-5-7-32-15/h9,14-15H,2-8,10-12H2,1H3,(H,25,28)/t14-,15+/m0/s1. The first-order chi connectivity index (χ1) is 15.9. The minimum atomic E-state index is -3.30. The Kier molecular flexibility index (Phi) is 6.21. The van der Waals surface area contributed by atoms with Crippen LogP contribution in [0.1, 0.15) is 34.4 Å². The van der Waals surface area contributed by atoms with E-state index >= 15 is 0 Å². The second-order valence-corrected chi connectivity index (χ2v) is 8.56. The molecule has 1 aliphatic carbocycles. The van der Waals surface area contributed by atoms with Gasteiger partial charge in [-0.05, 0) is 12.0 Å². The van der Waals surface area contributed by atoms with Crippen LogP contribution in [0, 0.1) is 0 Å². The number of hydrogen-bond donors (Lipinski definition) is 1. The lowest BCUT2D eigenvalue weighted by atomic mass is 9.91. The van der Waals surface area contributed by atoms with E-state index in [0.717, 1.165) is 12.5 Å². The fraction of sp³-hybridized carbons (Fsp3) is 0.636. The van der Waals surface area contributed by atoms with Crippen LogP contribution in [0.2, 0.25) is 0 Å². The molecule has 33 heavy (non-hydrogen) atoms. The number of halogens is 2. The molecule has 4 heterocycles. The van der Waals surface area contributed by atoms with Gasteiger partial charge in [-0.3, -0.25) is 9.48 Å². The highest BCUT2D eigenvalue weighted by Crippen LogP contribution is 2.45. The van der Waals surface area contributed by atoms with Crippen molar-refractivity contribution in [3.63, 3.8) is 0 Å². The minimum absolute atomic E-state index is 0.141. The van der Waals surface area contributed by atoms with E-state index in [4.69, 9.17) is 23.4 Å². The van der Waals surface area contributed by atoms with E-state index < -0.39 is 17.4 Å². The van der Waals surface area contributed by atoms with Crippen LogP contribution in [0.4, 0.5) is 8.78 Å². The van der Waals surface area contributed by atoms with Gasteiger partial charge in [-0.1, -0.05) is 0 Å². The van der Waals surface area contributed by atoms with Crippen molar-refractivity contribution in [2.75, 3.05) is 46.2 Å². The zero-order valence-electron chi connectivity index (χ0n) is 18.4. The first-order valence-electron chi connectivity index (χ1n) is 11.2. The van der Waals surface area contributed by atoms with Gasteiger partial charge in [-0.25, -0.2) is 8.78 Å². The molecule has 0 aromatic carbocycles. The van der Waals surface area contributed by atoms with E-state index in [-0.39, 0.29) is 30.1 Å². The smallest absolute Gasteiger partial charge is 0.287 e. The van der Waals surface area contributed by atoms with Crippen LogP contribution in [0.25, 0.3) is 11.3 Å². The summed E-state index contributed by atoms with van der Waals surface area (Å²) in [5, 5.41) is 7.22. The predicted octanol–water partition coefficient (Wildman–Crippen LogP) is 1.91. The average molecular weight is 467 g/mol. The van der Waals surface area contributed by atoms with Crippen LogP contribution in [0.5, 0.6) is 0 Å². The number of alkyl halides is 2. The number of carbonyl (C=O) groups is 1. The van der Waals surface area contributed by atoms with Crippen LogP contribution >= 0.6 is 0 Å². The first kappa shape index (κ1) is 22.5. The summed E-state index contributed by atoms with van der Waals surface area (Å²) in [7, 11) is 0. The Hall–Kier alpha value is -2.34. The third kappa shape index (κ3) is 4.68. The fourth-order valence-corrected chi connectivity index (χ4v) is 4.47. The monoisotopic (exact) mass is 467 g/mol. The SMILES string of the molecule is CC(F)(F)c1c(C(=O)NC[C@H]2COCCO2)oc2c1-c1nn(C[C@@H]3COCCO3)cc1CC2. The van der Waals surface area contributed by atoms with Crippen molar-refractivity contribution in [1.29, 1.82) is 0 Å². The molecule has 0 bridgehead atoms. The van der Waals surface area contributed by atoms with E-state index in [1.807, 2.05) is 6.20 Å². The van der Waals surface area contributed by atoms with Crippen LogP contribution < -0.4 is 5.32 Å². The summed E-state index contributed by atoms with van der Waals surface area (Å²) in [5.74, 6) is -4.03. The summed E-state index contributed by atoms with van der Waals surface area (Å²) in [4.78, 5) is 12.9. The Labute approximate surface area is 189 Å². The normalized spacial score (nSPS) is 23.1. The molecule has 1 amide bonds. The maximum atomic E-state index is 14.8. The van der Waals surface area contributed by atoms with E-state index in [2.05, 4.69) is 10.4 Å². The average Bonchev–Trinajstić information content (AvgIpc) is 3.39. The van der Waals surface area contributed by atoms with Gasteiger partial charge in [0.1, 0.15) is 11.9 Å². The molecule has 5 rings (SSSR count). The molecule has 0 unspecified atom stereocenters. The van der Waals surface area contributed by atoms with Gasteiger partial charge in [0.2, 0.25) is 5.76 Å². The third-order valence-corrected chi connectivity index (χ3v) is 5.97. The minimum Gasteiger partial charge on any atom is -0.455 e. The fourth-order valence-electron chi connectivity index (χ4n) is 4.47. The van der Waals surface area contributed by atoms with E-state index in [9.17, 15) is 13.6 Å². The second-order valence-electron chi connectivity index (χ2n) is 8.56. The van der Waals surface area contributed by atoms with Crippen molar-refractivity contribution >= 4 is 5.91 Å². The molecule has 2 aliphatic heterocycles. The lowest BCUT2D eigenvalue weighted by Crippen LogP contribution is -2.40. The van der Waals surface area contributed by atoms with Gasteiger partial charge >= 0.3 is 0 Å². The molecule has 9 nitrogen and oxygen atoms in total. The van der Waals surface area contributed by atoms with Gasteiger partial charge in [0, 0.05) is 26.1 Å². The van der Waals surface area contributed by atoms with E-state index in [0.29, 0.717) is 70.5 Å². The number of carbonyl (C=O) groups excluding carboxylic acids is 1. The van der Waals surface area contributed by atoms with Crippen molar-refractivity contribution in [1.82, 2.24) is 15.1 Å². The van der Waals surface area contributed by atoms with Gasteiger partial charge < -0.3 is 28.7 Å². The lowest BCUT2D eigenvalue weighted by Gasteiger charge is -2.23. The van der Waals surface area contributed by atoms with Crippen molar-refractivity contribution in [3.05, 3.63) is 28.8 Å². The summed E-state index contributed by atoms with van der Waals surface area (Å²) in [5.41, 5.74) is 1.05. The Balaban J connectivity index is 1.42. The van der Waals surface area contributed by atoms with Gasteiger partial charge in [-0.2, -0.15) is 5.10 Å². The zero-order chi connectivity index (χ0) is 23.0. The number of aryl methyl sites for hydroxylation is 2. The number of furan rings is 1. The number of rotatable bonds is 6. The van der Waals surface area contributed by atoms with Crippen molar-refractivity contribution in [3.8, 4) is 11.3 Å². The van der Waals surface area contributed by atoms with Gasteiger partial charge in [0.15, 0.2) is 0 Å². The summed E-state index contributed by atoms with van der Waals surface area (Å²) >= 11 is 0. The van der Waals surface area contributed by atoms with E-state index in [1.165, 1.54) is 0 Å². The van der Waals surface area contributed by atoms with Crippen molar-refractivity contribution in [2.45, 2.75) is 44.4 Å². The molecule has 3 aliphatic rings. The largest absolute Gasteiger partial charge is 0.455 e. The van der Waals surface area contributed by atoms with E-state index in [1.54, 1.807) is 4.68 Å². The maximum Gasteiger partial charge on any atom is 0.287 e. The number of nitrogens with one attached hydrogen (secondary N) is 1. The molecule has 11 heteroatoms. The molecular formula is C22H27F2N3O6. The third-order valence-electron chi connectivity index (χ3n) is 5.97. The number of fused-ring (bicyclic) bond motifs is 3. The summed E-state index contributed by atoms with van der Waals surface area (Å²) < 4.78 is 59.0. The first-order valence-corrected chi connectivity index (χ1v) is 11.2. The second kappa shape index (κ2) is 9.13. The van der Waals surface area contributed by atoms with Crippen LogP contribution in [0.15, 0.2) is 10.6 Å². The molecule has 0 spiro atoms. The van der Waals surface area contributed by atoms with Crippen LogP contribution in [-0.2, 0) is 44.3 Å². The molecule has 2 fully saturated rings.